The van der Waals surface area contributed by atoms with E-state index in [1.165, 1.54) is 24.4 Å². The first-order chi connectivity index (χ1) is 13.8. The monoisotopic (exact) mass is 413 g/mol. The maximum Gasteiger partial charge on any atom is 0.315 e. The topological polar surface area (TPSA) is 62.7 Å². The summed E-state index contributed by atoms with van der Waals surface area (Å²) < 4.78 is 4.85. The molecule has 0 saturated carbocycles. The molecule has 3 rings (SSSR count). The van der Waals surface area contributed by atoms with Crippen molar-refractivity contribution in [2.45, 2.75) is 38.1 Å². The van der Waals surface area contributed by atoms with Gasteiger partial charge in [-0.05, 0) is 29.2 Å². The Balaban J connectivity index is 1.62. The average Bonchev–Trinajstić information content (AvgIpc) is 2.71. The third-order valence-corrected chi connectivity index (χ3v) is 5.58. The molecule has 1 saturated heterocycles. The highest BCUT2D eigenvalue weighted by molar-refractivity contribution is 7.95. The molecular weight excluding hydrogens is 386 g/mol. The van der Waals surface area contributed by atoms with Gasteiger partial charge in [0, 0.05) is 45.0 Å². The van der Waals surface area contributed by atoms with E-state index >= 15 is 0 Å². The predicted octanol–water partition coefficient (Wildman–Crippen LogP) is 3.91. The molecule has 2 heterocycles. The average molecular weight is 414 g/mol. The zero-order valence-electron chi connectivity index (χ0n) is 17.3. The summed E-state index contributed by atoms with van der Waals surface area (Å²) in [5.74, 6) is -0.409. The first-order valence-electron chi connectivity index (χ1n) is 9.70. The van der Waals surface area contributed by atoms with Crippen LogP contribution in [-0.4, -0.2) is 47.9 Å². The fraction of sp³-hybridized carbons (Fsp3) is 0.409. The minimum atomic E-state index is -0.386. The van der Waals surface area contributed by atoms with Crippen LogP contribution in [0.4, 0.5) is 5.69 Å². The Morgan fingerprint density at radius 2 is 1.72 bits per heavy atom. The molecule has 0 atom stereocenters. The quantitative estimate of drug-likeness (QED) is 0.708. The molecule has 1 aliphatic heterocycles. The van der Waals surface area contributed by atoms with Gasteiger partial charge in [-0.1, -0.05) is 39.0 Å². The van der Waals surface area contributed by atoms with Gasteiger partial charge >= 0.3 is 5.97 Å². The van der Waals surface area contributed by atoms with Crippen LogP contribution >= 0.6 is 12.0 Å². The van der Waals surface area contributed by atoms with Gasteiger partial charge in [-0.3, -0.25) is 9.59 Å². The molecule has 0 unspecified atom stereocenters. The summed E-state index contributed by atoms with van der Waals surface area (Å²) in [5, 5.41) is 0.542. The lowest BCUT2D eigenvalue weighted by Gasteiger charge is -2.38. The SMILES string of the molecule is CC(=O)OSc1ccc(C(=O)N2CCN(c3ccccc3C(C)(C)C)CC2)cn1. The second-order valence-electron chi connectivity index (χ2n) is 8.09. The third-order valence-electron chi connectivity index (χ3n) is 4.85. The minimum absolute atomic E-state index is 0.0229. The van der Waals surface area contributed by atoms with E-state index < -0.39 is 0 Å². The van der Waals surface area contributed by atoms with Crippen molar-refractivity contribution in [3.05, 3.63) is 53.7 Å². The largest absolute Gasteiger partial charge is 0.385 e. The number of carbonyl (C=O) groups is 2. The Kier molecular flexibility index (Phi) is 6.47. The number of carbonyl (C=O) groups excluding carboxylic acids is 2. The lowest BCUT2D eigenvalue weighted by atomic mass is 9.85. The molecule has 1 aromatic carbocycles. The number of benzene rings is 1. The molecule has 7 heteroatoms. The molecule has 1 aliphatic rings. The molecule has 0 radical (unpaired) electrons. The van der Waals surface area contributed by atoms with Crippen LogP contribution in [0.1, 0.15) is 43.6 Å². The number of pyridine rings is 1. The lowest BCUT2D eigenvalue weighted by molar-refractivity contribution is -0.130. The molecule has 0 aliphatic carbocycles. The Labute approximate surface area is 176 Å². The molecule has 0 bridgehead atoms. The summed E-state index contributed by atoms with van der Waals surface area (Å²) in [6.07, 6.45) is 1.54. The molecular formula is C22H27N3O3S. The molecule has 154 valence electrons. The Bertz CT molecular complexity index is 870. The van der Waals surface area contributed by atoms with Gasteiger partial charge in [0.15, 0.2) is 0 Å². The van der Waals surface area contributed by atoms with Crippen molar-refractivity contribution in [3.8, 4) is 0 Å². The van der Waals surface area contributed by atoms with E-state index in [1.807, 2.05) is 4.90 Å². The normalized spacial score (nSPS) is 14.6. The van der Waals surface area contributed by atoms with E-state index in [1.54, 1.807) is 12.1 Å². The molecule has 6 nitrogen and oxygen atoms in total. The first-order valence-corrected chi connectivity index (χ1v) is 10.4. The van der Waals surface area contributed by atoms with Gasteiger partial charge in [0.25, 0.3) is 5.91 Å². The van der Waals surface area contributed by atoms with Crippen LogP contribution < -0.4 is 4.90 Å². The van der Waals surface area contributed by atoms with Crippen molar-refractivity contribution in [2.75, 3.05) is 31.1 Å². The maximum absolute atomic E-state index is 12.8. The zero-order valence-corrected chi connectivity index (χ0v) is 18.2. The summed E-state index contributed by atoms with van der Waals surface area (Å²) in [7, 11) is 0. The van der Waals surface area contributed by atoms with Crippen LogP contribution in [0.2, 0.25) is 0 Å². The van der Waals surface area contributed by atoms with Crippen LogP contribution in [-0.2, 0) is 14.4 Å². The van der Waals surface area contributed by atoms with E-state index in [0.717, 1.165) is 25.1 Å². The molecule has 1 fully saturated rings. The highest BCUT2D eigenvalue weighted by atomic mass is 32.2. The zero-order chi connectivity index (χ0) is 21.0. The number of hydrogen-bond donors (Lipinski definition) is 0. The third kappa shape index (κ3) is 5.29. The van der Waals surface area contributed by atoms with Gasteiger partial charge in [0.05, 0.1) is 5.56 Å². The molecule has 29 heavy (non-hydrogen) atoms. The van der Waals surface area contributed by atoms with Crippen LogP contribution in [0.15, 0.2) is 47.6 Å². The number of anilines is 1. The first kappa shape index (κ1) is 21.2. The number of para-hydroxylation sites is 1. The summed E-state index contributed by atoms with van der Waals surface area (Å²) in [6.45, 7) is 10.9. The summed E-state index contributed by atoms with van der Waals surface area (Å²) in [4.78, 5) is 32.1. The van der Waals surface area contributed by atoms with Crippen molar-refractivity contribution in [3.63, 3.8) is 0 Å². The van der Waals surface area contributed by atoms with E-state index in [-0.39, 0.29) is 17.3 Å². The van der Waals surface area contributed by atoms with Gasteiger partial charge in [0.2, 0.25) is 0 Å². The van der Waals surface area contributed by atoms with Gasteiger partial charge in [-0.2, -0.15) is 0 Å². The van der Waals surface area contributed by atoms with Crippen LogP contribution in [0.5, 0.6) is 0 Å². The van der Waals surface area contributed by atoms with Gasteiger partial charge in [-0.25, -0.2) is 4.98 Å². The van der Waals surface area contributed by atoms with Crippen LogP contribution in [0.25, 0.3) is 0 Å². The fourth-order valence-electron chi connectivity index (χ4n) is 3.37. The number of nitrogens with zero attached hydrogens (tertiary/aromatic N) is 3. The van der Waals surface area contributed by atoms with E-state index in [2.05, 4.69) is 54.9 Å². The molecule has 1 amide bonds. The highest BCUT2D eigenvalue weighted by Gasteiger charge is 2.26. The number of piperazine rings is 1. The fourth-order valence-corrected chi connectivity index (χ4v) is 3.80. The minimum Gasteiger partial charge on any atom is -0.385 e. The smallest absolute Gasteiger partial charge is 0.315 e. The van der Waals surface area contributed by atoms with Crippen molar-refractivity contribution in [1.82, 2.24) is 9.88 Å². The summed E-state index contributed by atoms with van der Waals surface area (Å²) in [6, 6.07) is 11.9. The van der Waals surface area contributed by atoms with E-state index in [4.69, 9.17) is 4.18 Å². The van der Waals surface area contributed by atoms with Crippen LogP contribution in [0.3, 0.4) is 0 Å². The Morgan fingerprint density at radius 3 is 2.31 bits per heavy atom. The Hall–Kier alpha value is -2.54. The second kappa shape index (κ2) is 8.86. The molecule has 2 aromatic rings. The van der Waals surface area contributed by atoms with E-state index in [0.29, 0.717) is 23.7 Å². The summed E-state index contributed by atoms with van der Waals surface area (Å²) >= 11 is 0.893. The van der Waals surface area contributed by atoms with Gasteiger partial charge < -0.3 is 14.0 Å². The van der Waals surface area contributed by atoms with Crippen LogP contribution in [0, 0.1) is 0 Å². The molecule has 0 spiro atoms. The second-order valence-corrected chi connectivity index (χ2v) is 8.84. The molecule has 0 N–H and O–H groups in total. The Morgan fingerprint density at radius 1 is 1.03 bits per heavy atom. The highest BCUT2D eigenvalue weighted by Crippen LogP contribution is 2.32. The summed E-state index contributed by atoms with van der Waals surface area (Å²) in [5.41, 5.74) is 3.19. The number of aromatic nitrogens is 1. The standard InChI is InChI=1S/C22H27N3O3S/c1-16(26)28-29-20-10-9-17(15-23-20)21(27)25-13-11-24(12-14-25)19-8-6-5-7-18(19)22(2,3)4/h5-10,15H,11-14H2,1-4H3. The van der Waals surface area contributed by atoms with Crippen molar-refractivity contribution in [1.29, 1.82) is 0 Å². The van der Waals surface area contributed by atoms with Gasteiger partial charge in [0.1, 0.15) is 17.1 Å². The van der Waals surface area contributed by atoms with Gasteiger partial charge in [-0.15, -0.1) is 0 Å². The van der Waals surface area contributed by atoms with E-state index in [9.17, 15) is 9.59 Å². The number of amides is 1. The maximum atomic E-state index is 12.8. The van der Waals surface area contributed by atoms with Crippen molar-refractivity contribution < 1.29 is 13.8 Å². The number of hydrogen-bond acceptors (Lipinski definition) is 6. The van der Waals surface area contributed by atoms with Crippen molar-refractivity contribution in [2.24, 2.45) is 0 Å². The van der Waals surface area contributed by atoms with Crippen molar-refractivity contribution >= 4 is 29.6 Å². The predicted molar refractivity (Wildman–Crippen MR) is 115 cm³/mol. The molecule has 1 aromatic heterocycles. The number of rotatable bonds is 4. The lowest BCUT2D eigenvalue weighted by Crippen LogP contribution is -2.49.